The Bertz CT molecular complexity index is 452. The van der Waals surface area contributed by atoms with Gasteiger partial charge in [-0.05, 0) is 25.7 Å². The Morgan fingerprint density at radius 3 is 1.14 bits per heavy atom. The number of cyclic esters (lactones) is 4. The number of carbonyl (C=O) groups excluding carboxylic acids is 4. The molecule has 6 nitrogen and oxygen atoms in total. The summed E-state index contributed by atoms with van der Waals surface area (Å²) in [6.45, 7) is 0. The molecule has 0 aromatic carbocycles. The van der Waals surface area contributed by atoms with Gasteiger partial charge in [-0.1, -0.05) is 19.3 Å². The fourth-order valence-electron chi connectivity index (χ4n) is 3.72. The molecule has 0 bridgehead atoms. The maximum Gasteiger partial charge on any atom is 0.317 e. The zero-order chi connectivity index (χ0) is 15.0. The van der Waals surface area contributed by atoms with Gasteiger partial charge in [-0.2, -0.15) is 0 Å². The van der Waals surface area contributed by atoms with Crippen molar-refractivity contribution < 1.29 is 28.7 Å². The maximum absolute atomic E-state index is 11.7. The minimum Gasteiger partial charge on any atom is -0.393 e. The van der Waals surface area contributed by atoms with Crippen molar-refractivity contribution in [3.63, 3.8) is 0 Å². The van der Waals surface area contributed by atoms with Gasteiger partial charge in [0.25, 0.3) is 0 Å². The SMILES string of the molecule is O=C1OC(=O)C2CCCC3C(=O)OC(=O)C3CCCCC12. The summed E-state index contributed by atoms with van der Waals surface area (Å²) in [7, 11) is 0. The molecule has 0 aromatic rings. The molecule has 4 unspecified atom stereocenters. The first-order valence-corrected chi connectivity index (χ1v) is 7.59. The third kappa shape index (κ3) is 2.59. The minimum atomic E-state index is -0.439. The highest BCUT2D eigenvalue weighted by Gasteiger charge is 2.46. The summed E-state index contributed by atoms with van der Waals surface area (Å²) in [6, 6.07) is 0. The van der Waals surface area contributed by atoms with E-state index >= 15 is 0 Å². The minimum absolute atomic E-state index is 0.349. The molecule has 3 rings (SSSR count). The molecule has 0 N–H and O–H groups in total. The van der Waals surface area contributed by atoms with Gasteiger partial charge in [0.05, 0.1) is 23.7 Å². The summed E-state index contributed by atoms with van der Waals surface area (Å²) in [5.74, 6) is -3.18. The lowest BCUT2D eigenvalue weighted by Gasteiger charge is -2.13. The van der Waals surface area contributed by atoms with Crippen LogP contribution in [-0.4, -0.2) is 23.9 Å². The van der Waals surface area contributed by atoms with Gasteiger partial charge >= 0.3 is 23.9 Å². The summed E-state index contributed by atoms with van der Waals surface area (Å²) in [5.41, 5.74) is 0. The monoisotopic (exact) mass is 294 g/mol. The number of ether oxygens (including phenoxy) is 2. The largest absolute Gasteiger partial charge is 0.393 e. The molecule has 0 aromatic heterocycles. The molecule has 21 heavy (non-hydrogen) atoms. The van der Waals surface area contributed by atoms with Crippen LogP contribution >= 0.6 is 0 Å². The number of fused-ring (bicyclic) bond motifs is 2. The molecule has 3 fully saturated rings. The fourth-order valence-corrected chi connectivity index (χ4v) is 3.72. The summed E-state index contributed by atoms with van der Waals surface area (Å²) in [6.07, 6.45) is 4.38. The number of esters is 4. The van der Waals surface area contributed by atoms with Crippen LogP contribution in [0.3, 0.4) is 0 Å². The highest BCUT2D eigenvalue weighted by Crippen LogP contribution is 2.37. The van der Waals surface area contributed by atoms with Crippen molar-refractivity contribution in [2.24, 2.45) is 23.7 Å². The van der Waals surface area contributed by atoms with Gasteiger partial charge in [0.15, 0.2) is 0 Å². The average Bonchev–Trinajstić information content (AvgIpc) is 2.83. The third-order valence-electron chi connectivity index (χ3n) is 4.90. The zero-order valence-corrected chi connectivity index (χ0v) is 11.7. The molecule has 1 aliphatic carbocycles. The molecule has 6 heteroatoms. The van der Waals surface area contributed by atoms with Gasteiger partial charge < -0.3 is 9.47 Å². The molecule has 1 saturated carbocycles. The van der Waals surface area contributed by atoms with Crippen molar-refractivity contribution in [2.45, 2.75) is 44.9 Å². The van der Waals surface area contributed by atoms with Gasteiger partial charge in [0.2, 0.25) is 0 Å². The van der Waals surface area contributed by atoms with E-state index in [0.29, 0.717) is 32.1 Å². The quantitative estimate of drug-likeness (QED) is 0.495. The van der Waals surface area contributed by atoms with E-state index in [0.717, 1.165) is 12.8 Å². The molecule has 0 amide bonds. The molecular weight excluding hydrogens is 276 g/mol. The van der Waals surface area contributed by atoms with Crippen molar-refractivity contribution in [3.8, 4) is 0 Å². The van der Waals surface area contributed by atoms with Crippen molar-refractivity contribution in [3.05, 3.63) is 0 Å². The van der Waals surface area contributed by atoms with Crippen LogP contribution in [0.4, 0.5) is 0 Å². The van der Waals surface area contributed by atoms with E-state index in [1.807, 2.05) is 0 Å². The lowest BCUT2D eigenvalue weighted by Crippen LogP contribution is -2.19. The van der Waals surface area contributed by atoms with Crippen LogP contribution in [0.5, 0.6) is 0 Å². The number of rotatable bonds is 0. The lowest BCUT2D eigenvalue weighted by atomic mass is 9.85. The second-order valence-electron chi connectivity index (χ2n) is 6.12. The predicted molar refractivity (Wildman–Crippen MR) is 68.5 cm³/mol. The Balaban J connectivity index is 1.73. The molecule has 4 atom stereocenters. The van der Waals surface area contributed by atoms with E-state index in [1.165, 1.54) is 0 Å². The van der Waals surface area contributed by atoms with Crippen LogP contribution < -0.4 is 0 Å². The Labute approximate surface area is 122 Å². The van der Waals surface area contributed by atoms with E-state index in [9.17, 15) is 19.2 Å². The molecule has 3 aliphatic rings. The van der Waals surface area contributed by atoms with Gasteiger partial charge in [-0.15, -0.1) is 0 Å². The van der Waals surface area contributed by atoms with Crippen LogP contribution in [0.25, 0.3) is 0 Å². The standard InChI is InChI=1S/C15H18O6/c16-12-8-4-1-2-5-9-11(15(19)21-13(9)17)7-3-6-10(8)14(18)20-12/h8-11H,1-7H2. The zero-order valence-electron chi connectivity index (χ0n) is 11.7. The van der Waals surface area contributed by atoms with Crippen LogP contribution in [-0.2, 0) is 28.7 Å². The topological polar surface area (TPSA) is 86.7 Å². The van der Waals surface area contributed by atoms with Gasteiger partial charge in [-0.3, -0.25) is 19.2 Å². The summed E-state index contributed by atoms with van der Waals surface area (Å²) in [5, 5.41) is 0. The molecular formula is C15H18O6. The summed E-state index contributed by atoms with van der Waals surface area (Å²) < 4.78 is 9.47. The van der Waals surface area contributed by atoms with E-state index in [2.05, 4.69) is 0 Å². The van der Waals surface area contributed by atoms with Crippen LogP contribution in [0.1, 0.15) is 44.9 Å². The Kier molecular flexibility index (Phi) is 3.78. The van der Waals surface area contributed by atoms with Crippen LogP contribution in [0.15, 0.2) is 0 Å². The number of hydrogen-bond donors (Lipinski definition) is 0. The van der Waals surface area contributed by atoms with Crippen molar-refractivity contribution in [2.75, 3.05) is 0 Å². The molecule has 114 valence electrons. The smallest absolute Gasteiger partial charge is 0.317 e. The van der Waals surface area contributed by atoms with Crippen molar-refractivity contribution in [1.82, 2.24) is 0 Å². The van der Waals surface area contributed by atoms with E-state index in [1.54, 1.807) is 0 Å². The Morgan fingerprint density at radius 1 is 0.524 bits per heavy atom. The molecule has 2 aliphatic heterocycles. The molecule has 2 saturated heterocycles. The molecule has 0 spiro atoms. The second-order valence-corrected chi connectivity index (χ2v) is 6.12. The second kappa shape index (κ2) is 5.58. The van der Waals surface area contributed by atoms with E-state index < -0.39 is 23.9 Å². The van der Waals surface area contributed by atoms with Crippen LogP contribution in [0.2, 0.25) is 0 Å². The van der Waals surface area contributed by atoms with Gasteiger partial charge in [0, 0.05) is 0 Å². The van der Waals surface area contributed by atoms with Crippen LogP contribution in [0, 0.1) is 23.7 Å². The first-order valence-electron chi connectivity index (χ1n) is 7.59. The number of carbonyl (C=O) groups is 4. The summed E-state index contributed by atoms with van der Waals surface area (Å²) >= 11 is 0. The normalized spacial score (nSPS) is 37.3. The first kappa shape index (κ1) is 14.2. The maximum atomic E-state index is 11.7. The summed E-state index contributed by atoms with van der Waals surface area (Å²) in [4.78, 5) is 46.8. The molecule has 0 radical (unpaired) electrons. The van der Waals surface area contributed by atoms with Crippen molar-refractivity contribution >= 4 is 23.9 Å². The fraction of sp³-hybridized carbons (Fsp3) is 0.733. The third-order valence-corrected chi connectivity index (χ3v) is 4.90. The van der Waals surface area contributed by atoms with Gasteiger partial charge in [0.1, 0.15) is 0 Å². The highest BCUT2D eigenvalue weighted by molar-refractivity contribution is 5.97. The van der Waals surface area contributed by atoms with Gasteiger partial charge in [-0.25, -0.2) is 0 Å². The Morgan fingerprint density at radius 2 is 0.810 bits per heavy atom. The predicted octanol–water partition coefficient (Wildman–Crippen LogP) is 1.36. The van der Waals surface area contributed by atoms with E-state index in [-0.39, 0.29) is 23.7 Å². The molecule has 2 heterocycles. The van der Waals surface area contributed by atoms with Crippen molar-refractivity contribution in [1.29, 1.82) is 0 Å². The Hall–Kier alpha value is -1.72. The first-order chi connectivity index (χ1) is 10.1. The lowest BCUT2D eigenvalue weighted by molar-refractivity contribution is -0.155. The average molecular weight is 294 g/mol. The van der Waals surface area contributed by atoms with E-state index in [4.69, 9.17) is 9.47 Å². The number of hydrogen-bond acceptors (Lipinski definition) is 6. The highest BCUT2D eigenvalue weighted by atomic mass is 16.6.